The van der Waals surface area contributed by atoms with Gasteiger partial charge in [-0.25, -0.2) is 13.2 Å². The number of sulfone groups is 1. The Balaban J connectivity index is 2.30. The maximum Gasteiger partial charge on any atom is 0.338 e. The molecule has 4 nitrogen and oxygen atoms in total. The van der Waals surface area contributed by atoms with Crippen LogP contribution in [0.25, 0.3) is 5.57 Å². The first-order chi connectivity index (χ1) is 11.4. The third-order valence-corrected chi connectivity index (χ3v) is 5.68. The molecule has 0 radical (unpaired) electrons. The Kier molecular flexibility index (Phi) is 6.60. The van der Waals surface area contributed by atoms with Gasteiger partial charge in [0.15, 0.2) is 9.84 Å². The molecule has 1 aromatic carbocycles. The summed E-state index contributed by atoms with van der Waals surface area (Å²) in [4.78, 5) is 12.5. The first kappa shape index (κ1) is 18.7. The highest BCUT2D eigenvalue weighted by molar-refractivity contribution is 7.90. The van der Waals surface area contributed by atoms with E-state index < -0.39 is 9.84 Å². The van der Waals surface area contributed by atoms with Crippen LogP contribution in [0.4, 0.5) is 0 Å². The van der Waals surface area contributed by atoms with Crippen LogP contribution in [0.5, 0.6) is 0 Å². The molecule has 1 fully saturated rings. The van der Waals surface area contributed by atoms with Gasteiger partial charge in [0, 0.05) is 6.26 Å². The molecule has 2 rings (SSSR count). The lowest BCUT2D eigenvalue weighted by molar-refractivity contribution is -0.133. The molecular formula is C19H26O4S. The third-order valence-electron chi connectivity index (χ3n) is 4.55. The number of esters is 1. The quantitative estimate of drug-likeness (QED) is 0.608. The summed E-state index contributed by atoms with van der Waals surface area (Å²) in [5.41, 5.74) is 1.24. The number of ether oxygens (including phenoxy) is 1. The van der Waals surface area contributed by atoms with E-state index in [2.05, 4.69) is 0 Å². The molecule has 0 amide bonds. The van der Waals surface area contributed by atoms with Crippen molar-refractivity contribution in [2.45, 2.75) is 49.8 Å². The average Bonchev–Trinajstić information content (AvgIpc) is 2.52. The number of methoxy groups -OCH3 is 1. The van der Waals surface area contributed by atoms with Crippen LogP contribution in [-0.4, -0.2) is 27.8 Å². The summed E-state index contributed by atoms with van der Waals surface area (Å²) in [5.74, 6) is -0.00171. The zero-order valence-electron chi connectivity index (χ0n) is 14.5. The van der Waals surface area contributed by atoms with E-state index in [0.717, 1.165) is 12.8 Å². The first-order valence-corrected chi connectivity index (χ1v) is 10.4. The van der Waals surface area contributed by atoms with Crippen LogP contribution in [0.1, 0.15) is 50.5 Å². The van der Waals surface area contributed by atoms with Gasteiger partial charge in [-0.1, -0.05) is 50.3 Å². The fourth-order valence-electron chi connectivity index (χ4n) is 3.16. The van der Waals surface area contributed by atoms with Crippen molar-refractivity contribution in [3.8, 4) is 0 Å². The summed E-state index contributed by atoms with van der Waals surface area (Å²) >= 11 is 0. The fourth-order valence-corrected chi connectivity index (χ4v) is 3.79. The van der Waals surface area contributed by atoms with E-state index in [1.54, 1.807) is 24.3 Å². The second-order valence-electron chi connectivity index (χ2n) is 6.47. The second kappa shape index (κ2) is 8.47. The highest BCUT2D eigenvalue weighted by Crippen LogP contribution is 2.28. The van der Waals surface area contributed by atoms with Crippen molar-refractivity contribution in [2.24, 2.45) is 5.92 Å². The summed E-state index contributed by atoms with van der Waals surface area (Å²) in [5, 5.41) is 0. The lowest BCUT2D eigenvalue weighted by Gasteiger charge is -2.18. The molecule has 0 atom stereocenters. The number of carbonyl (C=O) groups excluding carboxylic acids is 1. The van der Waals surface area contributed by atoms with Gasteiger partial charge in [0.1, 0.15) is 0 Å². The van der Waals surface area contributed by atoms with E-state index in [4.69, 9.17) is 4.74 Å². The van der Waals surface area contributed by atoms with Crippen molar-refractivity contribution in [3.63, 3.8) is 0 Å². The molecule has 132 valence electrons. The average molecular weight is 350 g/mol. The third kappa shape index (κ3) is 5.20. The summed E-state index contributed by atoms with van der Waals surface area (Å²) in [6, 6.07) is 6.45. The molecule has 0 heterocycles. The zero-order valence-corrected chi connectivity index (χ0v) is 15.3. The van der Waals surface area contributed by atoms with Gasteiger partial charge in [-0.2, -0.15) is 0 Å². The van der Waals surface area contributed by atoms with Gasteiger partial charge < -0.3 is 4.74 Å². The normalized spacial score (nSPS) is 17.8. The van der Waals surface area contributed by atoms with E-state index >= 15 is 0 Å². The molecule has 5 heteroatoms. The molecule has 1 aliphatic rings. The summed E-state index contributed by atoms with van der Waals surface area (Å²) in [6.07, 6.45) is 11.5. The van der Waals surface area contributed by atoms with Crippen LogP contribution in [0, 0.1) is 5.92 Å². The monoisotopic (exact) mass is 350 g/mol. The van der Waals surface area contributed by atoms with Gasteiger partial charge in [0.05, 0.1) is 17.6 Å². The van der Waals surface area contributed by atoms with E-state index in [0.29, 0.717) is 17.1 Å². The predicted octanol–water partition coefficient (Wildman–Crippen LogP) is 4.01. The van der Waals surface area contributed by atoms with E-state index in [1.165, 1.54) is 45.5 Å². The second-order valence-corrected chi connectivity index (χ2v) is 8.49. The number of allylic oxidation sites excluding steroid dienone is 1. The molecule has 24 heavy (non-hydrogen) atoms. The summed E-state index contributed by atoms with van der Waals surface area (Å²) in [7, 11) is -1.87. The minimum Gasteiger partial charge on any atom is -0.465 e. The van der Waals surface area contributed by atoms with Crippen LogP contribution in [0.15, 0.2) is 35.2 Å². The summed E-state index contributed by atoms with van der Waals surface area (Å²) < 4.78 is 28.1. The molecule has 1 saturated carbocycles. The highest BCUT2D eigenvalue weighted by Gasteiger charge is 2.17. The van der Waals surface area contributed by atoms with Crippen molar-refractivity contribution in [1.29, 1.82) is 0 Å². The number of rotatable bonds is 4. The molecule has 0 aromatic heterocycles. The van der Waals surface area contributed by atoms with Gasteiger partial charge in [0.2, 0.25) is 0 Å². The Hall–Kier alpha value is -1.62. The minimum atomic E-state index is -3.24. The van der Waals surface area contributed by atoms with Gasteiger partial charge in [-0.15, -0.1) is 0 Å². The molecule has 0 saturated heterocycles. The largest absolute Gasteiger partial charge is 0.465 e. The van der Waals surface area contributed by atoms with Crippen LogP contribution in [-0.2, 0) is 19.4 Å². The van der Waals surface area contributed by atoms with E-state index in [-0.39, 0.29) is 10.9 Å². The standard InChI is InChI=1S/C19H26O4S/c1-23-19(20)18(14-15-8-6-4-3-5-7-9-15)16-10-12-17(13-11-16)24(2,21)22/h10-15H,3-9H2,1-2H3. The van der Waals surface area contributed by atoms with Crippen LogP contribution < -0.4 is 0 Å². The van der Waals surface area contributed by atoms with Crippen LogP contribution in [0.3, 0.4) is 0 Å². The molecular weight excluding hydrogens is 324 g/mol. The molecule has 0 unspecified atom stereocenters. The molecule has 0 bridgehead atoms. The Morgan fingerprint density at radius 1 is 1.04 bits per heavy atom. The SMILES string of the molecule is COC(=O)C(=CC1CCCCCCC1)c1ccc(S(C)(=O)=O)cc1. The molecule has 0 N–H and O–H groups in total. The van der Waals surface area contributed by atoms with Crippen molar-refractivity contribution in [2.75, 3.05) is 13.4 Å². The molecule has 1 aliphatic carbocycles. The molecule has 0 spiro atoms. The lowest BCUT2D eigenvalue weighted by Crippen LogP contribution is -2.08. The van der Waals surface area contributed by atoms with Crippen LogP contribution in [0.2, 0.25) is 0 Å². The highest BCUT2D eigenvalue weighted by atomic mass is 32.2. The van der Waals surface area contributed by atoms with E-state index in [9.17, 15) is 13.2 Å². The molecule has 1 aromatic rings. The summed E-state index contributed by atoms with van der Waals surface area (Å²) in [6.45, 7) is 0. The van der Waals surface area contributed by atoms with Gasteiger partial charge in [-0.3, -0.25) is 0 Å². The Bertz CT molecular complexity index is 679. The Morgan fingerprint density at radius 3 is 2.08 bits per heavy atom. The lowest BCUT2D eigenvalue weighted by atomic mass is 9.88. The number of benzene rings is 1. The maximum absolute atomic E-state index is 12.2. The smallest absolute Gasteiger partial charge is 0.338 e. The van der Waals surface area contributed by atoms with E-state index in [1.807, 2.05) is 6.08 Å². The van der Waals surface area contributed by atoms with Crippen molar-refractivity contribution in [1.82, 2.24) is 0 Å². The van der Waals surface area contributed by atoms with Gasteiger partial charge >= 0.3 is 5.97 Å². The van der Waals surface area contributed by atoms with Gasteiger partial charge in [-0.05, 0) is 36.5 Å². The van der Waals surface area contributed by atoms with Crippen molar-refractivity contribution < 1.29 is 17.9 Å². The molecule has 0 aliphatic heterocycles. The zero-order chi connectivity index (χ0) is 17.6. The first-order valence-electron chi connectivity index (χ1n) is 8.52. The predicted molar refractivity (Wildman–Crippen MR) is 95.4 cm³/mol. The van der Waals surface area contributed by atoms with Crippen molar-refractivity contribution >= 4 is 21.4 Å². The van der Waals surface area contributed by atoms with Crippen LogP contribution >= 0.6 is 0 Å². The topological polar surface area (TPSA) is 60.4 Å². The fraction of sp³-hybridized carbons (Fsp3) is 0.526. The van der Waals surface area contributed by atoms with Crippen molar-refractivity contribution in [3.05, 3.63) is 35.9 Å². The minimum absolute atomic E-state index is 0.251. The number of hydrogen-bond donors (Lipinski definition) is 0. The Labute approximate surface area is 144 Å². The van der Waals surface area contributed by atoms with Gasteiger partial charge in [0.25, 0.3) is 0 Å². The Morgan fingerprint density at radius 2 is 1.58 bits per heavy atom. The number of hydrogen-bond acceptors (Lipinski definition) is 4. The maximum atomic E-state index is 12.2. The number of carbonyl (C=O) groups is 1.